The number of aromatic nitrogens is 1. The fourth-order valence-electron chi connectivity index (χ4n) is 6.11. The van der Waals surface area contributed by atoms with Crippen molar-refractivity contribution >= 4 is 34.5 Å². The maximum Gasteiger partial charge on any atom is 0.276 e. The van der Waals surface area contributed by atoms with Crippen LogP contribution in [0.15, 0.2) is 40.2 Å². The van der Waals surface area contributed by atoms with Crippen molar-refractivity contribution in [2.75, 3.05) is 19.6 Å². The third-order valence-corrected chi connectivity index (χ3v) is 10.3. The molecule has 2 amide bonds. The topological polar surface area (TPSA) is 105 Å². The van der Waals surface area contributed by atoms with Gasteiger partial charge in [0.25, 0.3) is 5.91 Å². The van der Waals surface area contributed by atoms with Crippen molar-refractivity contribution in [3.63, 3.8) is 0 Å². The van der Waals surface area contributed by atoms with Gasteiger partial charge in [-0.3, -0.25) is 14.5 Å². The minimum Gasteiger partial charge on any atom is -0.361 e. The first-order valence-corrected chi connectivity index (χ1v) is 16.1. The number of hydrogen-bond donors (Lipinski definition) is 2. The number of thiophene rings is 2. The Morgan fingerprint density at radius 2 is 1.88 bits per heavy atom. The van der Waals surface area contributed by atoms with E-state index in [1.165, 1.54) is 14.6 Å². The summed E-state index contributed by atoms with van der Waals surface area (Å²) in [7, 11) is 0. The van der Waals surface area contributed by atoms with Gasteiger partial charge in [-0.1, -0.05) is 11.2 Å². The summed E-state index contributed by atoms with van der Waals surface area (Å²) in [6, 6.07) is 9.90. The second-order valence-corrected chi connectivity index (χ2v) is 13.8. The molecule has 1 saturated heterocycles. The van der Waals surface area contributed by atoms with Gasteiger partial charge in [0.1, 0.15) is 11.8 Å². The van der Waals surface area contributed by atoms with E-state index in [2.05, 4.69) is 51.9 Å². The van der Waals surface area contributed by atoms with Gasteiger partial charge in [-0.05, 0) is 94.3 Å². The highest BCUT2D eigenvalue weighted by molar-refractivity contribution is 7.11. The number of nitrogens with zero attached hydrogens (tertiary/aromatic N) is 3. The van der Waals surface area contributed by atoms with E-state index in [1.807, 2.05) is 11.3 Å². The summed E-state index contributed by atoms with van der Waals surface area (Å²) in [6.45, 7) is 7.46. The number of piperidine rings is 1. The molecule has 0 spiro atoms. The normalized spacial score (nSPS) is 23.4. The van der Waals surface area contributed by atoms with E-state index in [0.717, 1.165) is 51.7 Å². The Morgan fingerprint density at radius 1 is 1.10 bits per heavy atom. The van der Waals surface area contributed by atoms with Crippen molar-refractivity contribution in [2.45, 2.75) is 77.5 Å². The quantitative estimate of drug-likeness (QED) is 0.349. The summed E-state index contributed by atoms with van der Waals surface area (Å²) < 4.78 is 5.19. The first-order valence-electron chi connectivity index (χ1n) is 14.4. The summed E-state index contributed by atoms with van der Waals surface area (Å²) in [5, 5.41) is 9.31. The maximum absolute atomic E-state index is 13.8. The maximum atomic E-state index is 13.8. The number of nitrogens with one attached hydrogen (secondary N) is 1. The number of carbonyl (C=O) groups is 2. The zero-order chi connectivity index (χ0) is 28.1. The van der Waals surface area contributed by atoms with Crippen LogP contribution in [0, 0.1) is 25.7 Å². The highest BCUT2D eigenvalue weighted by atomic mass is 32.1. The molecule has 0 radical (unpaired) electrons. The lowest BCUT2D eigenvalue weighted by atomic mass is 9.82. The fraction of sp³-hybridized carbons (Fsp3) is 0.567. The Labute approximate surface area is 244 Å². The van der Waals surface area contributed by atoms with Crippen LogP contribution in [0.3, 0.4) is 0 Å². The molecule has 1 aliphatic carbocycles. The molecule has 3 N–H and O–H groups in total. The number of hydrogen-bond acceptors (Lipinski definition) is 8. The van der Waals surface area contributed by atoms with Crippen molar-refractivity contribution < 1.29 is 14.1 Å². The fourth-order valence-corrected chi connectivity index (χ4v) is 7.75. The van der Waals surface area contributed by atoms with Crippen molar-refractivity contribution in [1.82, 2.24) is 20.3 Å². The number of aryl methyl sites for hydroxylation is 2. The molecule has 5 rings (SSSR count). The van der Waals surface area contributed by atoms with Gasteiger partial charge in [0.15, 0.2) is 5.69 Å². The molecule has 1 unspecified atom stereocenters. The van der Waals surface area contributed by atoms with E-state index in [9.17, 15) is 9.59 Å². The lowest BCUT2D eigenvalue weighted by Crippen LogP contribution is -2.57. The Balaban J connectivity index is 1.32. The molecular formula is C30H41N5O3S2. The van der Waals surface area contributed by atoms with E-state index >= 15 is 0 Å². The minimum atomic E-state index is -0.556. The first kappa shape index (κ1) is 29.0. The molecule has 1 saturated carbocycles. The van der Waals surface area contributed by atoms with Crippen LogP contribution in [-0.4, -0.2) is 58.5 Å². The van der Waals surface area contributed by atoms with Crippen molar-refractivity contribution in [2.24, 2.45) is 17.6 Å². The number of likely N-dealkylation sites (tertiary alicyclic amines) is 1. The predicted molar refractivity (Wildman–Crippen MR) is 159 cm³/mol. The SMILES string of the molecule is Cc1cc(C(=O)N2CCC(N(Cc3cccs3)Cc3ccc(C)s3)C[C@@H]2C(=O)NCC2CCC(CN)CC2)no1. The second kappa shape index (κ2) is 13.4. The minimum absolute atomic E-state index is 0.0674. The van der Waals surface area contributed by atoms with E-state index in [0.29, 0.717) is 37.1 Å². The zero-order valence-electron chi connectivity index (χ0n) is 23.5. The molecular weight excluding hydrogens is 542 g/mol. The summed E-state index contributed by atoms with van der Waals surface area (Å²) >= 11 is 3.58. The number of amides is 2. The molecule has 0 aromatic carbocycles. The van der Waals surface area contributed by atoms with Gasteiger partial charge in [-0.25, -0.2) is 0 Å². The Morgan fingerprint density at radius 3 is 2.52 bits per heavy atom. The first-order chi connectivity index (χ1) is 19.4. The van der Waals surface area contributed by atoms with Crippen LogP contribution in [0.2, 0.25) is 0 Å². The highest BCUT2D eigenvalue weighted by Gasteiger charge is 2.39. The third-order valence-electron chi connectivity index (χ3n) is 8.46. The molecule has 8 nitrogen and oxygen atoms in total. The van der Waals surface area contributed by atoms with Gasteiger partial charge in [0, 0.05) is 52.9 Å². The monoisotopic (exact) mass is 583 g/mol. The molecule has 10 heteroatoms. The van der Waals surface area contributed by atoms with Crippen molar-refractivity contribution in [3.05, 3.63) is 61.8 Å². The van der Waals surface area contributed by atoms with Gasteiger partial charge in [0.05, 0.1) is 0 Å². The second-order valence-electron chi connectivity index (χ2n) is 11.4. The molecule has 3 aromatic heterocycles. The summed E-state index contributed by atoms with van der Waals surface area (Å²) in [5.41, 5.74) is 6.13. The van der Waals surface area contributed by atoms with Crippen LogP contribution < -0.4 is 11.1 Å². The molecule has 2 aliphatic rings. The summed E-state index contributed by atoms with van der Waals surface area (Å²) in [6.07, 6.45) is 5.81. The summed E-state index contributed by atoms with van der Waals surface area (Å²) in [5.74, 6) is 1.35. The molecule has 3 aromatic rings. The number of carbonyl (C=O) groups excluding carboxylic acids is 2. The van der Waals surface area contributed by atoms with E-state index in [-0.39, 0.29) is 23.6 Å². The Kier molecular flexibility index (Phi) is 9.72. The molecule has 0 bridgehead atoms. The van der Waals surface area contributed by atoms with Crippen LogP contribution in [0.25, 0.3) is 0 Å². The molecule has 2 atom stereocenters. The molecule has 2 fully saturated rings. The average molecular weight is 584 g/mol. The van der Waals surface area contributed by atoms with E-state index in [4.69, 9.17) is 10.3 Å². The Bertz CT molecular complexity index is 1250. The zero-order valence-corrected chi connectivity index (χ0v) is 25.1. The van der Waals surface area contributed by atoms with Gasteiger partial charge in [-0.2, -0.15) is 0 Å². The molecule has 4 heterocycles. The lowest BCUT2D eigenvalue weighted by molar-refractivity contribution is -0.128. The van der Waals surface area contributed by atoms with Crippen molar-refractivity contribution in [3.8, 4) is 0 Å². The third kappa shape index (κ3) is 7.21. The molecule has 40 heavy (non-hydrogen) atoms. The van der Waals surface area contributed by atoms with Gasteiger partial charge in [0.2, 0.25) is 5.91 Å². The van der Waals surface area contributed by atoms with Crippen LogP contribution >= 0.6 is 22.7 Å². The number of nitrogens with two attached hydrogens (primary N) is 1. The van der Waals surface area contributed by atoms with Crippen LogP contribution in [0.1, 0.15) is 69.4 Å². The molecule has 216 valence electrons. The van der Waals surface area contributed by atoms with E-state index < -0.39 is 6.04 Å². The van der Waals surface area contributed by atoms with Crippen LogP contribution in [0.5, 0.6) is 0 Å². The van der Waals surface area contributed by atoms with Gasteiger partial charge in [-0.15, -0.1) is 22.7 Å². The lowest BCUT2D eigenvalue weighted by Gasteiger charge is -2.42. The largest absolute Gasteiger partial charge is 0.361 e. The predicted octanol–water partition coefficient (Wildman–Crippen LogP) is 4.97. The van der Waals surface area contributed by atoms with Gasteiger partial charge >= 0.3 is 0 Å². The summed E-state index contributed by atoms with van der Waals surface area (Å²) in [4.78, 5) is 35.4. The highest BCUT2D eigenvalue weighted by Crippen LogP contribution is 2.30. The van der Waals surface area contributed by atoms with Crippen LogP contribution in [0.4, 0.5) is 0 Å². The van der Waals surface area contributed by atoms with Crippen LogP contribution in [-0.2, 0) is 17.9 Å². The van der Waals surface area contributed by atoms with Crippen molar-refractivity contribution in [1.29, 1.82) is 0 Å². The molecule has 1 aliphatic heterocycles. The Hall–Kier alpha value is -2.53. The smallest absolute Gasteiger partial charge is 0.276 e. The average Bonchev–Trinajstić information content (AvgIpc) is 3.74. The standard InChI is InChI=1S/C30H41N5O3S2/c1-20-14-27(33-38-20)30(37)35-12-11-24(15-28(35)29(36)32-17-23-8-6-22(16-31)7-9-23)34(18-25-4-3-13-39-25)19-26-10-5-21(2)40-26/h3-5,10,13-14,22-24,28H,6-9,11-12,15-19,31H2,1-2H3,(H,32,36)/t22?,23?,24?,28-/m1/s1. The number of rotatable bonds is 10. The van der Waals surface area contributed by atoms with Gasteiger partial charge < -0.3 is 20.5 Å². The van der Waals surface area contributed by atoms with E-state index in [1.54, 1.807) is 29.2 Å².